The SMILES string of the molecule is CS(=O)(=O)c1ccc(CSc2nc(-c3ccc(F)cc3)c(-c3ccncc3)[nH]2)cc1. The van der Waals surface area contributed by atoms with Gasteiger partial charge in [-0.25, -0.2) is 17.8 Å². The molecule has 2 heterocycles. The molecule has 4 aromatic rings. The van der Waals surface area contributed by atoms with E-state index in [1.807, 2.05) is 12.1 Å². The zero-order valence-corrected chi connectivity index (χ0v) is 17.7. The quantitative estimate of drug-likeness (QED) is 0.429. The van der Waals surface area contributed by atoms with Crippen molar-refractivity contribution < 1.29 is 12.8 Å². The van der Waals surface area contributed by atoms with Crippen molar-refractivity contribution in [3.05, 3.63) is 84.4 Å². The van der Waals surface area contributed by atoms with Gasteiger partial charge in [0.2, 0.25) is 0 Å². The maximum absolute atomic E-state index is 13.4. The Morgan fingerprint density at radius 1 is 0.933 bits per heavy atom. The topological polar surface area (TPSA) is 75.7 Å². The number of sulfone groups is 1. The number of halogens is 1. The molecule has 2 aromatic heterocycles. The molecule has 0 saturated heterocycles. The van der Waals surface area contributed by atoms with Gasteiger partial charge in [-0.3, -0.25) is 4.98 Å². The number of nitrogens with zero attached hydrogens (tertiary/aromatic N) is 2. The molecule has 0 atom stereocenters. The highest BCUT2D eigenvalue weighted by atomic mass is 32.2. The van der Waals surface area contributed by atoms with E-state index in [0.717, 1.165) is 28.1 Å². The highest BCUT2D eigenvalue weighted by Gasteiger charge is 2.15. The van der Waals surface area contributed by atoms with E-state index in [-0.39, 0.29) is 5.82 Å². The Labute approximate surface area is 178 Å². The molecule has 0 aliphatic carbocycles. The summed E-state index contributed by atoms with van der Waals surface area (Å²) in [6.07, 6.45) is 4.61. The van der Waals surface area contributed by atoms with Crippen LogP contribution in [-0.4, -0.2) is 29.6 Å². The summed E-state index contributed by atoms with van der Waals surface area (Å²) in [6.45, 7) is 0. The molecular formula is C22H18FN3O2S2. The van der Waals surface area contributed by atoms with E-state index in [1.54, 1.807) is 48.8 Å². The molecule has 0 radical (unpaired) electrons. The largest absolute Gasteiger partial charge is 0.332 e. The van der Waals surface area contributed by atoms with E-state index in [2.05, 4.69) is 9.97 Å². The van der Waals surface area contributed by atoms with Crippen molar-refractivity contribution in [3.63, 3.8) is 0 Å². The van der Waals surface area contributed by atoms with Gasteiger partial charge in [0.05, 0.1) is 16.3 Å². The van der Waals surface area contributed by atoms with E-state index < -0.39 is 9.84 Å². The Morgan fingerprint density at radius 3 is 2.23 bits per heavy atom. The number of pyridine rings is 1. The van der Waals surface area contributed by atoms with Crippen LogP contribution in [0.2, 0.25) is 0 Å². The second-order valence-electron chi connectivity index (χ2n) is 6.71. The van der Waals surface area contributed by atoms with Crippen LogP contribution in [0, 0.1) is 5.82 Å². The monoisotopic (exact) mass is 439 g/mol. The first kappa shape index (κ1) is 20.3. The molecule has 5 nitrogen and oxygen atoms in total. The molecular weight excluding hydrogens is 421 g/mol. The van der Waals surface area contributed by atoms with Crippen LogP contribution in [0.3, 0.4) is 0 Å². The van der Waals surface area contributed by atoms with Gasteiger partial charge in [0.1, 0.15) is 5.82 Å². The molecule has 1 N–H and O–H groups in total. The van der Waals surface area contributed by atoms with Crippen LogP contribution < -0.4 is 0 Å². The lowest BCUT2D eigenvalue weighted by molar-refractivity contribution is 0.602. The summed E-state index contributed by atoms with van der Waals surface area (Å²) in [5, 5.41) is 0.716. The molecule has 0 aliphatic rings. The molecule has 0 saturated carbocycles. The van der Waals surface area contributed by atoms with Crippen LogP contribution >= 0.6 is 11.8 Å². The Balaban J connectivity index is 1.62. The number of thioether (sulfide) groups is 1. The average molecular weight is 440 g/mol. The van der Waals surface area contributed by atoms with Gasteiger partial charge in [-0.2, -0.15) is 0 Å². The lowest BCUT2D eigenvalue weighted by Gasteiger charge is -2.02. The van der Waals surface area contributed by atoms with Gasteiger partial charge in [-0.15, -0.1) is 0 Å². The molecule has 2 aromatic carbocycles. The summed E-state index contributed by atoms with van der Waals surface area (Å²) in [5.41, 5.74) is 4.29. The summed E-state index contributed by atoms with van der Waals surface area (Å²) in [4.78, 5) is 12.4. The fraction of sp³-hybridized carbons (Fsp3) is 0.0909. The van der Waals surface area contributed by atoms with Crippen molar-refractivity contribution in [3.8, 4) is 22.5 Å². The van der Waals surface area contributed by atoms with Gasteiger partial charge in [-0.05, 0) is 54.1 Å². The van der Waals surface area contributed by atoms with Crippen LogP contribution in [0.25, 0.3) is 22.5 Å². The number of imidazole rings is 1. The van der Waals surface area contributed by atoms with Crippen LogP contribution in [-0.2, 0) is 15.6 Å². The smallest absolute Gasteiger partial charge is 0.175 e. The molecule has 0 bridgehead atoms. The fourth-order valence-electron chi connectivity index (χ4n) is 2.95. The normalized spacial score (nSPS) is 11.5. The van der Waals surface area contributed by atoms with E-state index in [0.29, 0.717) is 15.8 Å². The number of benzene rings is 2. The van der Waals surface area contributed by atoms with Crippen molar-refractivity contribution in [1.82, 2.24) is 15.0 Å². The molecule has 8 heteroatoms. The minimum Gasteiger partial charge on any atom is -0.332 e. The first-order chi connectivity index (χ1) is 14.4. The number of nitrogens with one attached hydrogen (secondary N) is 1. The lowest BCUT2D eigenvalue weighted by atomic mass is 10.1. The number of rotatable bonds is 6. The Hall–Kier alpha value is -2.97. The van der Waals surface area contributed by atoms with Crippen LogP contribution in [0.1, 0.15) is 5.56 Å². The third-order valence-electron chi connectivity index (χ3n) is 4.50. The summed E-state index contributed by atoms with van der Waals surface area (Å²) in [6, 6.07) is 16.8. The minimum atomic E-state index is -3.21. The third kappa shape index (κ3) is 4.60. The summed E-state index contributed by atoms with van der Waals surface area (Å²) < 4.78 is 36.6. The van der Waals surface area contributed by atoms with Crippen molar-refractivity contribution >= 4 is 21.6 Å². The second kappa shape index (κ2) is 8.41. The van der Waals surface area contributed by atoms with E-state index in [9.17, 15) is 12.8 Å². The molecule has 152 valence electrons. The van der Waals surface area contributed by atoms with Gasteiger partial charge in [-0.1, -0.05) is 23.9 Å². The summed E-state index contributed by atoms with van der Waals surface area (Å²) >= 11 is 1.51. The molecule has 0 spiro atoms. The number of hydrogen-bond donors (Lipinski definition) is 1. The van der Waals surface area contributed by atoms with E-state index in [4.69, 9.17) is 4.98 Å². The Morgan fingerprint density at radius 2 is 1.60 bits per heavy atom. The fourth-order valence-corrected chi connectivity index (χ4v) is 4.40. The Bertz CT molecular complexity index is 1250. The van der Waals surface area contributed by atoms with Gasteiger partial charge >= 0.3 is 0 Å². The maximum atomic E-state index is 13.4. The molecule has 0 fully saturated rings. The minimum absolute atomic E-state index is 0.299. The summed E-state index contributed by atoms with van der Waals surface area (Å²) in [5.74, 6) is 0.322. The predicted molar refractivity (Wildman–Crippen MR) is 116 cm³/mol. The maximum Gasteiger partial charge on any atom is 0.175 e. The first-order valence-electron chi connectivity index (χ1n) is 9.08. The van der Waals surface area contributed by atoms with Crippen LogP contribution in [0.15, 0.2) is 83.1 Å². The standard InChI is InChI=1S/C22H18FN3O2S2/c1-30(27,28)19-8-2-15(3-9-19)14-29-22-25-20(16-4-6-18(23)7-5-16)21(26-22)17-10-12-24-13-11-17/h2-13H,14H2,1H3,(H,25,26). The lowest BCUT2D eigenvalue weighted by Crippen LogP contribution is -1.96. The van der Waals surface area contributed by atoms with E-state index >= 15 is 0 Å². The molecule has 0 amide bonds. The van der Waals surface area contributed by atoms with Gasteiger partial charge < -0.3 is 4.98 Å². The third-order valence-corrected chi connectivity index (χ3v) is 6.57. The van der Waals surface area contributed by atoms with Crippen molar-refractivity contribution in [2.24, 2.45) is 0 Å². The molecule has 30 heavy (non-hydrogen) atoms. The van der Waals surface area contributed by atoms with Gasteiger partial charge in [0, 0.05) is 35.5 Å². The second-order valence-corrected chi connectivity index (χ2v) is 9.69. The van der Waals surface area contributed by atoms with Crippen LogP contribution in [0.5, 0.6) is 0 Å². The van der Waals surface area contributed by atoms with Gasteiger partial charge in [0.25, 0.3) is 0 Å². The molecule has 0 aliphatic heterocycles. The summed E-state index contributed by atoms with van der Waals surface area (Å²) in [7, 11) is -3.21. The predicted octanol–water partition coefficient (Wildman–Crippen LogP) is 4.97. The number of aromatic amines is 1. The first-order valence-corrected chi connectivity index (χ1v) is 12.0. The zero-order chi connectivity index (χ0) is 21.1. The van der Waals surface area contributed by atoms with Crippen molar-refractivity contribution in [1.29, 1.82) is 0 Å². The van der Waals surface area contributed by atoms with E-state index in [1.165, 1.54) is 30.2 Å². The number of H-pyrrole nitrogens is 1. The average Bonchev–Trinajstić information content (AvgIpc) is 3.17. The Kier molecular flexibility index (Phi) is 5.69. The zero-order valence-electron chi connectivity index (χ0n) is 16.0. The highest BCUT2D eigenvalue weighted by Crippen LogP contribution is 2.33. The van der Waals surface area contributed by atoms with Crippen molar-refractivity contribution in [2.75, 3.05) is 6.26 Å². The molecule has 0 unspecified atom stereocenters. The number of hydrogen-bond acceptors (Lipinski definition) is 5. The van der Waals surface area contributed by atoms with Gasteiger partial charge in [0.15, 0.2) is 15.0 Å². The highest BCUT2D eigenvalue weighted by molar-refractivity contribution is 7.98. The van der Waals surface area contributed by atoms with Crippen LogP contribution in [0.4, 0.5) is 4.39 Å². The van der Waals surface area contributed by atoms with Crippen molar-refractivity contribution in [2.45, 2.75) is 15.8 Å². The number of aromatic nitrogens is 3. The molecule has 4 rings (SSSR count).